The van der Waals surface area contributed by atoms with E-state index < -0.39 is 11.7 Å². The first-order valence-corrected chi connectivity index (χ1v) is 13.9. The number of hydrogen-bond acceptors (Lipinski definition) is 5. The molecule has 1 aliphatic heterocycles. The fourth-order valence-corrected chi connectivity index (χ4v) is 5.64. The van der Waals surface area contributed by atoms with Crippen molar-refractivity contribution in [3.05, 3.63) is 87.4 Å². The van der Waals surface area contributed by atoms with Crippen molar-refractivity contribution >= 4 is 23.2 Å². The lowest BCUT2D eigenvalue weighted by Crippen LogP contribution is -2.48. The van der Waals surface area contributed by atoms with Gasteiger partial charge in [0.15, 0.2) is 0 Å². The van der Waals surface area contributed by atoms with Gasteiger partial charge in [0.05, 0.1) is 11.6 Å². The molecule has 1 atom stereocenters. The summed E-state index contributed by atoms with van der Waals surface area (Å²) in [7, 11) is 1.58. The molecule has 0 N–H and O–H groups in total. The Morgan fingerprint density at radius 3 is 2.61 bits per heavy atom. The number of thiophene rings is 1. The van der Waals surface area contributed by atoms with Gasteiger partial charge in [-0.3, -0.25) is 9.59 Å². The summed E-state index contributed by atoms with van der Waals surface area (Å²) in [5.74, 6) is -0.105. The molecule has 8 heteroatoms. The van der Waals surface area contributed by atoms with Gasteiger partial charge in [-0.05, 0) is 65.6 Å². The molecule has 0 saturated heterocycles. The predicted octanol–water partition coefficient (Wildman–Crippen LogP) is 5.69. The second-order valence-electron chi connectivity index (χ2n) is 9.74. The Morgan fingerprint density at radius 2 is 1.89 bits per heavy atom. The SMILES string of the molecule is COCCCN(CC(=O)N1CCc2sccc2C1COc1ccc(C(C)C)cc1)C(=O)c1ccccc1F. The highest BCUT2D eigenvalue weighted by molar-refractivity contribution is 7.10. The van der Waals surface area contributed by atoms with Gasteiger partial charge >= 0.3 is 0 Å². The van der Waals surface area contributed by atoms with E-state index in [1.54, 1.807) is 35.5 Å². The van der Waals surface area contributed by atoms with E-state index in [-0.39, 0.29) is 30.6 Å². The van der Waals surface area contributed by atoms with Crippen molar-refractivity contribution in [2.75, 3.05) is 40.0 Å². The molecule has 202 valence electrons. The van der Waals surface area contributed by atoms with Crippen molar-refractivity contribution < 1.29 is 23.5 Å². The summed E-state index contributed by atoms with van der Waals surface area (Å²) in [6.07, 6.45) is 1.29. The van der Waals surface area contributed by atoms with Crippen LogP contribution in [-0.4, -0.2) is 61.6 Å². The Kier molecular flexibility index (Phi) is 9.53. The van der Waals surface area contributed by atoms with Gasteiger partial charge in [-0.15, -0.1) is 11.3 Å². The molecule has 0 aliphatic carbocycles. The molecule has 38 heavy (non-hydrogen) atoms. The lowest BCUT2D eigenvalue weighted by Gasteiger charge is -2.37. The Hall–Kier alpha value is -3.23. The summed E-state index contributed by atoms with van der Waals surface area (Å²) in [6.45, 7) is 5.71. The van der Waals surface area contributed by atoms with E-state index >= 15 is 0 Å². The number of carbonyl (C=O) groups is 2. The second kappa shape index (κ2) is 13.0. The van der Waals surface area contributed by atoms with E-state index in [1.165, 1.54) is 27.5 Å². The van der Waals surface area contributed by atoms with Crippen LogP contribution in [0.2, 0.25) is 0 Å². The number of methoxy groups -OCH3 is 1. The highest BCUT2D eigenvalue weighted by atomic mass is 32.1. The normalized spacial score (nSPS) is 14.9. The maximum atomic E-state index is 14.4. The van der Waals surface area contributed by atoms with Crippen molar-refractivity contribution in [3.8, 4) is 5.75 Å². The minimum Gasteiger partial charge on any atom is -0.491 e. The van der Waals surface area contributed by atoms with Crippen LogP contribution in [0.15, 0.2) is 60.0 Å². The number of benzene rings is 2. The molecular formula is C30H35FN2O4S. The Balaban J connectivity index is 1.51. The van der Waals surface area contributed by atoms with Gasteiger partial charge in [0.1, 0.15) is 24.7 Å². The zero-order valence-electron chi connectivity index (χ0n) is 22.2. The number of nitrogens with zero attached hydrogens (tertiary/aromatic N) is 2. The summed E-state index contributed by atoms with van der Waals surface area (Å²) in [6, 6.07) is 15.7. The summed E-state index contributed by atoms with van der Waals surface area (Å²) < 4.78 is 25.7. The fraction of sp³-hybridized carbons (Fsp3) is 0.400. The monoisotopic (exact) mass is 538 g/mol. The highest BCUT2D eigenvalue weighted by Crippen LogP contribution is 2.34. The fourth-order valence-electron chi connectivity index (χ4n) is 4.71. The van der Waals surface area contributed by atoms with Crippen LogP contribution in [0, 0.1) is 5.82 Å². The van der Waals surface area contributed by atoms with Crippen molar-refractivity contribution in [3.63, 3.8) is 0 Å². The minimum atomic E-state index is -0.600. The number of carbonyl (C=O) groups excluding carboxylic acids is 2. The summed E-state index contributed by atoms with van der Waals surface area (Å²) in [5.41, 5.74) is 2.28. The minimum absolute atomic E-state index is 0.0405. The average Bonchev–Trinajstić information content (AvgIpc) is 3.40. The van der Waals surface area contributed by atoms with E-state index in [2.05, 4.69) is 32.0 Å². The molecule has 0 bridgehead atoms. The first kappa shape index (κ1) is 27.8. The molecule has 4 rings (SSSR count). The molecule has 1 unspecified atom stereocenters. The number of fused-ring (bicyclic) bond motifs is 1. The van der Waals surface area contributed by atoms with E-state index in [9.17, 15) is 14.0 Å². The third kappa shape index (κ3) is 6.60. The van der Waals surface area contributed by atoms with Crippen LogP contribution >= 0.6 is 11.3 Å². The molecule has 3 aromatic rings. The Labute approximate surface area is 228 Å². The Bertz CT molecular complexity index is 1230. The van der Waals surface area contributed by atoms with Crippen LogP contribution in [0.5, 0.6) is 5.75 Å². The smallest absolute Gasteiger partial charge is 0.257 e. The predicted molar refractivity (Wildman–Crippen MR) is 147 cm³/mol. The van der Waals surface area contributed by atoms with Gasteiger partial charge in [0.25, 0.3) is 5.91 Å². The topological polar surface area (TPSA) is 59.1 Å². The molecule has 2 heterocycles. The highest BCUT2D eigenvalue weighted by Gasteiger charge is 2.34. The van der Waals surface area contributed by atoms with Crippen LogP contribution in [0.25, 0.3) is 0 Å². The van der Waals surface area contributed by atoms with Crippen LogP contribution in [0.1, 0.15) is 58.6 Å². The van der Waals surface area contributed by atoms with Crippen molar-refractivity contribution in [2.45, 2.75) is 38.6 Å². The zero-order chi connectivity index (χ0) is 27.1. The maximum Gasteiger partial charge on any atom is 0.257 e. The number of amides is 2. The molecule has 0 saturated carbocycles. The molecule has 0 spiro atoms. The third-order valence-corrected chi connectivity index (χ3v) is 7.86. The molecule has 0 fully saturated rings. The van der Waals surface area contributed by atoms with E-state index in [0.717, 1.165) is 17.7 Å². The largest absolute Gasteiger partial charge is 0.491 e. The first-order valence-electron chi connectivity index (χ1n) is 13.0. The summed E-state index contributed by atoms with van der Waals surface area (Å²) >= 11 is 1.69. The molecule has 1 aromatic heterocycles. The van der Waals surface area contributed by atoms with E-state index in [1.807, 2.05) is 17.5 Å². The molecule has 6 nitrogen and oxygen atoms in total. The number of halogens is 1. The van der Waals surface area contributed by atoms with Gasteiger partial charge in [-0.2, -0.15) is 0 Å². The van der Waals surface area contributed by atoms with Crippen molar-refractivity contribution in [1.29, 1.82) is 0 Å². The molecule has 2 amide bonds. The van der Waals surface area contributed by atoms with Gasteiger partial charge in [0, 0.05) is 31.7 Å². The van der Waals surface area contributed by atoms with Crippen molar-refractivity contribution in [1.82, 2.24) is 9.80 Å². The van der Waals surface area contributed by atoms with Gasteiger partial charge in [-0.1, -0.05) is 38.1 Å². The molecule has 0 radical (unpaired) electrons. The van der Waals surface area contributed by atoms with Crippen LogP contribution in [0.3, 0.4) is 0 Å². The molecule has 1 aliphatic rings. The quantitative estimate of drug-likeness (QED) is 0.294. The number of hydrogen-bond donors (Lipinski definition) is 0. The van der Waals surface area contributed by atoms with Gasteiger partial charge < -0.3 is 19.3 Å². The van der Waals surface area contributed by atoms with E-state index in [4.69, 9.17) is 9.47 Å². The van der Waals surface area contributed by atoms with Crippen molar-refractivity contribution in [2.24, 2.45) is 0 Å². The summed E-state index contributed by atoms with van der Waals surface area (Å²) in [5, 5.41) is 2.04. The first-order chi connectivity index (χ1) is 18.4. The lowest BCUT2D eigenvalue weighted by molar-refractivity contribution is -0.135. The Morgan fingerprint density at radius 1 is 1.13 bits per heavy atom. The van der Waals surface area contributed by atoms with Crippen LogP contribution < -0.4 is 4.74 Å². The van der Waals surface area contributed by atoms with Crippen LogP contribution in [-0.2, 0) is 16.0 Å². The standard InChI is InChI=1S/C30H35FN2O4S/c1-21(2)22-9-11-23(12-10-22)37-20-27-25-14-18-38-28(25)13-16-33(27)29(34)19-32(15-6-17-36-3)30(35)24-7-4-5-8-26(24)31/h4-5,7-12,14,18,21,27H,6,13,15-17,19-20H2,1-3H3. The lowest BCUT2D eigenvalue weighted by atomic mass is 10.00. The van der Waals surface area contributed by atoms with Gasteiger partial charge in [-0.25, -0.2) is 4.39 Å². The van der Waals surface area contributed by atoms with Crippen LogP contribution in [0.4, 0.5) is 4.39 Å². The maximum absolute atomic E-state index is 14.4. The number of rotatable bonds is 11. The molecular weight excluding hydrogens is 503 g/mol. The third-order valence-electron chi connectivity index (χ3n) is 6.86. The van der Waals surface area contributed by atoms with E-state index in [0.29, 0.717) is 32.1 Å². The van der Waals surface area contributed by atoms with Gasteiger partial charge in [0.2, 0.25) is 5.91 Å². The summed E-state index contributed by atoms with van der Waals surface area (Å²) in [4.78, 5) is 31.4. The second-order valence-corrected chi connectivity index (χ2v) is 10.7. The average molecular weight is 539 g/mol. The zero-order valence-corrected chi connectivity index (χ0v) is 23.0. The molecule has 2 aromatic carbocycles. The number of ether oxygens (including phenoxy) is 2.